The van der Waals surface area contributed by atoms with Crippen molar-refractivity contribution in [2.45, 2.75) is 44.9 Å². The molecule has 2 N–H and O–H groups in total. The maximum Gasteiger partial charge on any atom is 0.0479 e. The van der Waals surface area contributed by atoms with Crippen LogP contribution in [-0.2, 0) is 0 Å². The molecule has 0 aromatic heterocycles. The zero-order chi connectivity index (χ0) is 10.8. The third-order valence-corrected chi connectivity index (χ3v) is 4.33. The Bertz CT molecular complexity index is 331. The highest BCUT2D eigenvalue weighted by Gasteiger charge is 2.16. The van der Waals surface area contributed by atoms with Crippen molar-refractivity contribution in [3.63, 3.8) is 0 Å². The predicted molar refractivity (Wildman–Crippen MR) is 74.1 cm³/mol. The summed E-state index contributed by atoms with van der Waals surface area (Å²) in [6.45, 7) is 2.11. The molecule has 0 spiro atoms. The van der Waals surface area contributed by atoms with E-state index in [9.17, 15) is 0 Å². The van der Waals surface area contributed by atoms with Crippen LogP contribution in [0.4, 0.5) is 5.69 Å². The minimum absolute atomic E-state index is 0.784. The van der Waals surface area contributed by atoms with E-state index in [0.29, 0.717) is 0 Å². The van der Waals surface area contributed by atoms with Crippen LogP contribution >= 0.6 is 22.6 Å². The summed E-state index contributed by atoms with van der Waals surface area (Å²) < 4.78 is 1.22. The summed E-state index contributed by atoms with van der Waals surface area (Å²) in [5.74, 6) is 0.784. The maximum absolute atomic E-state index is 5.97. The Morgan fingerprint density at radius 2 is 1.87 bits per heavy atom. The summed E-state index contributed by atoms with van der Waals surface area (Å²) in [5, 5.41) is 0. The second kappa shape index (κ2) is 4.73. The van der Waals surface area contributed by atoms with E-state index in [2.05, 4.69) is 41.6 Å². The molecule has 1 aliphatic rings. The molecular formula is C13H18IN. The Hall–Kier alpha value is -0.250. The second-order valence-electron chi connectivity index (χ2n) is 4.57. The number of aryl methyl sites for hydroxylation is 1. The zero-order valence-electron chi connectivity index (χ0n) is 9.22. The Morgan fingerprint density at radius 3 is 2.47 bits per heavy atom. The molecule has 0 saturated heterocycles. The van der Waals surface area contributed by atoms with E-state index >= 15 is 0 Å². The molecule has 1 nitrogen and oxygen atoms in total. The molecule has 0 amide bonds. The van der Waals surface area contributed by atoms with Crippen molar-refractivity contribution in [2.24, 2.45) is 0 Å². The predicted octanol–water partition coefficient (Wildman–Crippen LogP) is 4.23. The lowest BCUT2D eigenvalue weighted by Gasteiger charge is -2.23. The molecule has 0 radical (unpaired) electrons. The minimum atomic E-state index is 0.784. The lowest BCUT2D eigenvalue weighted by molar-refractivity contribution is 0.443. The normalized spacial score (nSPS) is 18.0. The van der Waals surface area contributed by atoms with Gasteiger partial charge in [0.25, 0.3) is 0 Å². The van der Waals surface area contributed by atoms with Gasteiger partial charge in [-0.3, -0.25) is 0 Å². The van der Waals surface area contributed by atoms with Crippen LogP contribution in [0.15, 0.2) is 12.1 Å². The maximum atomic E-state index is 5.97. The molecule has 2 rings (SSSR count). The Kier molecular flexibility index (Phi) is 3.54. The van der Waals surface area contributed by atoms with Crippen molar-refractivity contribution in [1.29, 1.82) is 0 Å². The van der Waals surface area contributed by atoms with Gasteiger partial charge in [-0.2, -0.15) is 0 Å². The molecule has 0 bridgehead atoms. The lowest BCUT2D eigenvalue weighted by atomic mass is 9.83. The number of rotatable bonds is 1. The molecule has 0 unspecified atom stereocenters. The van der Waals surface area contributed by atoms with Crippen LogP contribution in [0.1, 0.15) is 49.1 Å². The minimum Gasteiger partial charge on any atom is -0.398 e. The smallest absolute Gasteiger partial charge is 0.0479 e. The number of nitrogen functional groups attached to an aromatic ring is 1. The Labute approximate surface area is 106 Å². The fourth-order valence-corrected chi connectivity index (χ4v) is 3.24. The number of benzene rings is 1. The molecule has 82 valence electrons. The van der Waals surface area contributed by atoms with Crippen LogP contribution in [0.5, 0.6) is 0 Å². The van der Waals surface area contributed by atoms with Crippen LogP contribution in [0.3, 0.4) is 0 Å². The first-order valence-corrected chi connectivity index (χ1v) is 6.82. The van der Waals surface area contributed by atoms with Crippen molar-refractivity contribution < 1.29 is 0 Å². The number of hydrogen-bond acceptors (Lipinski definition) is 1. The average Bonchev–Trinajstić information content (AvgIpc) is 2.26. The highest BCUT2D eigenvalue weighted by atomic mass is 127. The van der Waals surface area contributed by atoms with Gasteiger partial charge in [-0.1, -0.05) is 25.3 Å². The van der Waals surface area contributed by atoms with E-state index in [4.69, 9.17) is 5.73 Å². The molecule has 1 aliphatic carbocycles. The van der Waals surface area contributed by atoms with Gasteiger partial charge >= 0.3 is 0 Å². The first-order chi connectivity index (χ1) is 7.18. The summed E-state index contributed by atoms with van der Waals surface area (Å²) >= 11 is 2.35. The molecule has 1 aromatic rings. The van der Waals surface area contributed by atoms with Crippen LogP contribution in [-0.4, -0.2) is 0 Å². The van der Waals surface area contributed by atoms with Crippen LogP contribution in [0.2, 0.25) is 0 Å². The number of anilines is 1. The number of hydrogen-bond donors (Lipinski definition) is 1. The van der Waals surface area contributed by atoms with Gasteiger partial charge in [0.05, 0.1) is 0 Å². The van der Waals surface area contributed by atoms with Crippen molar-refractivity contribution >= 4 is 28.3 Å². The van der Waals surface area contributed by atoms with E-state index in [1.165, 1.54) is 46.8 Å². The van der Waals surface area contributed by atoms with Crippen LogP contribution < -0.4 is 5.73 Å². The Morgan fingerprint density at radius 1 is 1.20 bits per heavy atom. The van der Waals surface area contributed by atoms with Gasteiger partial charge in [-0.15, -0.1) is 0 Å². The first kappa shape index (κ1) is 11.2. The third kappa shape index (κ3) is 2.47. The fourth-order valence-electron chi connectivity index (χ4n) is 2.45. The highest BCUT2D eigenvalue weighted by Crippen LogP contribution is 2.35. The summed E-state index contributed by atoms with van der Waals surface area (Å²) in [5.41, 5.74) is 9.67. The van der Waals surface area contributed by atoms with Gasteiger partial charge in [-0.05, 0) is 65.5 Å². The summed E-state index contributed by atoms with van der Waals surface area (Å²) in [7, 11) is 0. The van der Waals surface area contributed by atoms with Crippen molar-refractivity contribution in [3.8, 4) is 0 Å². The van der Waals surface area contributed by atoms with Gasteiger partial charge in [0, 0.05) is 9.26 Å². The number of halogens is 1. The van der Waals surface area contributed by atoms with Gasteiger partial charge in [0.1, 0.15) is 0 Å². The largest absolute Gasteiger partial charge is 0.398 e. The highest BCUT2D eigenvalue weighted by molar-refractivity contribution is 14.1. The molecule has 15 heavy (non-hydrogen) atoms. The SMILES string of the molecule is Cc1cc(C2CCCCC2)cc(I)c1N. The van der Waals surface area contributed by atoms with E-state index in [1.54, 1.807) is 0 Å². The van der Waals surface area contributed by atoms with Crippen LogP contribution in [0, 0.1) is 10.5 Å². The van der Waals surface area contributed by atoms with E-state index < -0.39 is 0 Å². The summed E-state index contributed by atoms with van der Waals surface area (Å²) in [4.78, 5) is 0. The average molecular weight is 315 g/mol. The summed E-state index contributed by atoms with van der Waals surface area (Å²) in [6, 6.07) is 4.56. The van der Waals surface area contributed by atoms with Crippen LogP contribution in [0.25, 0.3) is 0 Å². The van der Waals surface area contributed by atoms with E-state index in [0.717, 1.165) is 11.6 Å². The van der Waals surface area contributed by atoms with Gasteiger partial charge in [-0.25, -0.2) is 0 Å². The molecular weight excluding hydrogens is 297 g/mol. The number of nitrogens with two attached hydrogens (primary N) is 1. The molecule has 2 heteroatoms. The third-order valence-electron chi connectivity index (χ3n) is 3.44. The molecule has 0 heterocycles. The molecule has 0 aliphatic heterocycles. The van der Waals surface area contributed by atoms with E-state index in [1.807, 2.05) is 0 Å². The lowest BCUT2D eigenvalue weighted by Crippen LogP contribution is -2.06. The summed E-state index contributed by atoms with van der Waals surface area (Å²) in [6.07, 6.45) is 6.93. The molecule has 1 saturated carbocycles. The molecule has 1 aromatic carbocycles. The zero-order valence-corrected chi connectivity index (χ0v) is 11.4. The molecule has 0 atom stereocenters. The monoisotopic (exact) mass is 315 g/mol. The quantitative estimate of drug-likeness (QED) is 0.609. The standard InChI is InChI=1S/C13H18IN/c1-9-7-11(8-12(14)13(9)15)10-5-3-2-4-6-10/h7-8,10H,2-6,15H2,1H3. The fraction of sp³-hybridized carbons (Fsp3) is 0.538. The van der Waals surface area contributed by atoms with Gasteiger partial charge in [0.2, 0.25) is 0 Å². The molecule has 1 fully saturated rings. The van der Waals surface area contributed by atoms with Crippen molar-refractivity contribution in [3.05, 3.63) is 26.8 Å². The van der Waals surface area contributed by atoms with Gasteiger partial charge in [0.15, 0.2) is 0 Å². The Balaban J connectivity index is 2.27. The van der Waals surface area contributed by atoms with Crippen molar-refractivity contribution in [2.75, 3.05) is 5.73 Å². The second-order valence-corrected chi connectivity index (χ2v) is 5.73. The van der Waals surface area contributed by atoms with Gasteiger partial charge < -0.3 is 5.73 Å². The van der Waals surface area contributed by atoms with E-state index in [-0.39, 0.29) is 0 Å². The van der Waals surface area contributed by atoms with Crippen molar-refractivity contribution in [1.82, 2.24) is 0 Å². The topological polar surface area (TPSA) is 26.0 Å². The first-order valence-electron chi connectivity index (χ1n) is 5.74.